The number of hydrogen-bond acceptors (Lipinski definition) is 5. The second kappa shape index (κ2) is 10.4. The molecule has 1 aliphatic carbocycles. The van der Waals surface area contributed by atoms with Gasteiger partial charge in [-0.05, 0) is 50.3 Å². The fraction of sp³-hybridized carbons (Fsp3) is 0.750. The Bertz CT molecular complexity index is 639. The molecule has 1 aromatic rings. The van der Waals surface area contributed by atoms with Gasteiger partial charge in [0.15, 0.2) is 0 Å². The van der Waals surface area contributed by atoms with Crippen molar-refractivity contribution >= 4 is 15.8 Å². The molecule has 6 nitrogen and oxygen atoms in total. The second-order valence-electron chi connectivity index (χ2n) is 7.90. The molecule has 1 aromatic heterocycles. The van der Waals surface area contributed by atoms with Crippen molar-refractivity contribution in [2.24, 2.45) is 5.92 Å². The molecule has 152 valence electrons. The van der Waals surface area contributed by atoms with Gasteiger partial charge in [-0.25, -0.2) is 18.1 Å². The van der Waals surface area contributed by atoms with Gasteiger partial charge < -0.3 is 4.90 Å². The maximum atomic E-state index is 12.2. The van der Waals surface area contributed by atoms with Gasteiger partial charge in [0, 0.05) is 38.9 Å². The van der Waals surface area contributed by atoms with Gasteiger partial charge in [0.05, 0.1) is 5.75 Å². The van der Waals surface area contributed by atoms with Crippen LogP contribution >= 0.6 is 0 Å². The molecule has 0 unspecified atom stereocenters. The quantitative estimate of drug-likeness (QED) is 0.652. The fourth-order valence-corrected chi connectivity index (χ4v) is 5.68. The predicted octanol–water partition coefficient (Wildman–Crippen LogP) is 2.48. The summed E-state index contributed by atoms with van der Waals surface area (Å²) in [4.78, 5) is 9.22. The third kappa shape index (κ3) is 7.05. The first kappa shape index (κ1) is 20.6. The smallest absolute Gasteiger partial charge is 0.211 e. The molecule has 1 saturated heterocycles. The van der Waals surface area contributed by atoms with Crippen molar-refractivity contribution in [3.8, 4) is 0 Å². The van der Waals surface area contributed by atoms with Crippen LogP contribution in [-0.4, -0.2) is 63.3 Å². The van der Waals surface area contributed by atoms with E-state index in [0.717, 1.165) is 64.2 Å². The van der Waals surface area contributed by atoms with E-state index in [9.17, 15) is 8.42 Å². The van der Waals surface area contributed by atoms with Gasteiger partial charge in [-0.1, -0.05) is 25.3 Å². The van der Waals surface area contributed by atoms with Crippen LogP contribution in [0.4, 0.5) is 5.82 Å². The van der Waals surface area contributed by atoms with E-state index in [1.807, 2.05) is 18.3 Å². The van der Waals surface area contributed by atoms with E-state index in [0.29, 0.717) is 18.2 Å². The zero-order valence-electron chi connectivity index (χ0n) is 16.4. The SMILES string of the molecule is O=S(=O)(CC1CCCCC1)NCCCCN1CCN(c2ccccn2)CC1. The molecule has 0 bridgehead atoms. The number of nitrogens with one attached hydrogen (secondary N) is 1. The summed E-state index contributed by atoms with van der Waals surface area (Å²) in [5.74, 6) is 1.75. The number of anilines is 1. The molecular formula is C20H34N4O2S. The largest absolute Gasteiger partial charge is 0.354 e. The van der Waals surface area contributed by atoms with E-state index >= 15 is 0 Å². The lowest BCUT2D eigenvalue weighted by atomic mass is 9.91. The first-order chi connectivity index (χ1) is 13.1. The first-order valence-electron chi connectivity index (χ1n) is 10.5. The van der Waals surface area contributed by atoms with Gasteiger partial charge in [-0.15, -0.1) is 0 Å². The maximum Gasteiger partial charge on any atom is 0.211 e. The van der Waals surface area contributed by atoms with Gasteiger partial charge in [0.25, 0.3) is 0 Å². The van der Waals surface area contributed by atoms with E-state index in [-0.39, 0.29) is 0 Å². The number of aromatic nitrogens is 1. The van der Waals surface area contributed by atoms with E-state index in [1.165, 1.54) is 19.3 Å². The third-order valence-corrected chi connectivity index (χ3v) is 7.30. The van der Waals surface area contributed by atoms with Crippen LogP contribution in [0, 0.1) is 5.92 Å². The van der Waals surface area contributed by atoms with E-state index in [4.69, 9.17) is 0 Å². The minimum Gasteiger partial charge on any atom is -0.354 e. The number of nitrogens with zero attached hydrogens (tertiary/aromatic N) is 3. The molecule has 7 heteroatoms. The van der Waals surface area contributed by atoms with Crippen LogP contribution in [0.1, 0.15) is 44.9 Å². The summed E-state index contributed by atoms with van der Waals surface area (Å²) in [6.45, 7) is 5.72. The Morgan fingerprint density at radius 1 is 1.04 bits per heavy atom. The highest BCUT2D eigenvalue weighted by atomic mass is 32.2. The van der Waals surface area contributed by atoms with Crippen LogP contribution in [0.2, 0.25) is 0 Å². The fourth-order valence-electron chi connectivity index (χ4n) is 4.15. The van der Waals surface area contributed by atoms with Crippen molar-refractivity contribution in [3.05, 3.63) is 24.4 Å². The molecule has 1 saturated carbocycles. The molecule has 2 heterocycles. The number of piperazine rings is 1. The highest BCUT2D eigenvalue weighted by Crippen LogP contribution is 2.24. The topological polar surface area (TPSA) is 65.5 Å². The van der Waals surface area contributed by atoms with Crippen LogP contribution in [0.25, 0.3) is 0 Å². The van der Waals surface area contributed by atoms with E-state index in [2.05, 4.69) is 25.6 Å². The first-order valence-corrected chi connectivity index (χ1v) is 12.1. The average Bonchev–Trinajstić information content (AvgIpc) is 2.69. The van der Waals surface area contributed by atoms with Crippen molar-refractivity contribution in [3.63, 3.8) is 0 Å². The predicted molar refractivity (Wildman–Crippen MR) is 110 cm³/mol. The Morgan fingerprint density at radius 2 is 1.81 bits per heavy atom. The van der Waals surface area contributed by atoms with Crippen LogP contribution < -0.4 is 9.62 Å². The minimum atomic E-state index is -3.10. The molecular weight excluding hydrogens is 360 g/mol. The van der Waals surface area contributed by atoms with Crippen molar-refractivity contribution in [2.45, 2.75) is 44.9 Å². The second-order valence-corrected chi connectivity index (χ2v) is 9.76. The van der Waals surface area contributed by atoms with Crippen LogP contribution in [0.5, 0.6) is 0 Å². The molecule has 3 rings (SSSR count). The number of rotatable bonds is 9. The summed E-state index contributed by atoms with van der Waals surface area (Å²) in [5, 5.41) is 0. The van der Waals surface area contributed by atoms with Gasteiger partial charge in [0.1, 0.15) is 5.82 Å². The van der Waals surface area contributed by atoms with E-state index < -0.39 is 10.0 Å². The standard InChI is InChI=1S/C20H34N4O2S/c25-27(26,18-19-8-2-1-3-9-19)22-12-6-7-13-23-14-16-24(17-15-23)20-10-4-5-11-21-20/h4-5,10-11,19,22H,1-3,6-9,12-18H2. The molecule has 0 spiro atoms. The summed E-state index contributed by atoms with van der Waals surface area (Å²) in [5.41, 5.74) is 0. The van der Waals surface area contributed by atoms with Gasteiger partial charge >= 0.3 is 0 Å². The molecule has 1 N–H and O–H groups in total. The van der Waals surface area contributed by atoms with Crippen molar-refractivity contribution in [1.29, 1.82) is 0 Å². The Hall–Kier alpha value is -1.18. The molecule has 0 radical (unpaired) electrons. The minimum absolute atomic E-state index is 0.322. The summed E-state index contributed by atoms with van der Waals surface area (Å²) in [7, 11) is -3.10. The van der Waals surface area contributed by atoms with Gasteiger partial charge in [-0.2, -0.15) is 0 Å². The number of sulfonamides is 1. The van der Waals surface area contributed by atoms with Crippen LogP contribution in [0.15, 0.2) is 24.4 Å². The molecule has 2 aliphatic rings. The third-order valence-electron chi connectivity index (χ3n) is 5.75. The van der Waals surface area contributed by atoms with Crippen LogP contribution in [-0.2, 0) is 10.0 Å². The molecule has 27 heavy (non-hydrogen) atoms. The molecule has 0 aromatic carbocycles. The lowest BCUT2D eigenvalue weighted by Crippen LogP contribution is -2.47. The number of unbranched alkanes of at least 4 members (excludes halogenated alkanes) is 1. The Balaban J connectivity index is 1.26. The van der Waals surface area contributed by atoms with Gasteiger partial charge in [0.2, 0.25) is 10.0 Å². The Morgan fingerprint density at radius 3 is 2.52 bits per heavy atom. The van der Waals surface area contributed by atoms with Crippen molar-refractivity contribution in [1.82, 2.24) is 14.6 Å². The molecule has 0 atom stereocenters. The zero-order chi connectivity index (χ0) is 19.0. The van der Waals surface area contributed by atoms with E-state index in [1.54, 1.807) is 0 Å². The Labute approximate surface area is 164 Å². The average molecular weight is 395 g/mol. The normalized spacial score (nSPS) is 20.1. The highest BCUT2D eigenvalue weighted by molar-refractivity contribution is 7.89. The highest BCUT2D eigenvalue weighted by Gasteiger charge is 2.21. The molecule has 1 aliphatic heterocycles. The monoisotopic (exact) mass is 394 g/mol. The lowest BCUT2D eigenvalue weighted by Gasteiger charge is -2.35. The summed E-state index contributed by atoms with van der Waals surface area (Å²) in [6.07, 6.45) is 9.58. The Kier molecular flexibility index (Phi) is 7.91. The van der Waals surface area contributed by atoms with Crippen molar-refractivity contribution < 1.29 is 8.42 Å². The zero-order valence-corrected chi connectivity index (χ0v) is 17.2. The number of pyridine rings is 1. The summed E-state index contributed by atoms with van der Waals surface area (Å²) < 4.78 is 27.2. The summed E-state index contributed by atoms with van der Waals surface area (Å²) in [6, 6.07) is 6.04. The van der Waals surface area contributed by atoms with Crippen molar-refractivity contribution in [2.75, 3.05) is 49.9 Å². The molecule has 0 amide bonds. The maximum absolute atomic E-state index is 12.2. The molecule has 2 fully saturated rings. The number of hydrogen-bond donors (Lipinski definition) is 1. The van der Waals surface area contributed by atoms with Gasteiger partial charge in [-0.3, -0.25) is 4.90 Å². The summed E-state index contributed by atoms with van der Waals surface area (Å²) >= 11 is 0. The lowest BCUT2D eigenvalue weighted by molar-refractivity contribution is 0.252. The van der Waals surface area contributed by atoms with Crippen LogP contribution in [0.3, 0.4) is 0 Å².